The van der Waals surface area contributed by atoms with E-state index in [1.807, 2.05) is 118 Å². The van der Waals surface area contributed by atoms with Crippen LogP contribution in [0.15, 0.2) is 109 Å². The molecule has 4 aromatic carbocycles. The van der Waals surface area contributed by atoms with Crippen LogP contribution >= 0.6 is 0 Å². The fourth-order valence-corrected chi connectivity index (χ4v) is 6.09. The molecule has 266 valence electrons. The van der Waals surface area contributed by atoms with E-state index in [-0.39, 0.29) is 32.0 Å². The lowest BCUT2D eigenvalue weighted by Gasteiger charge is -2.27. The zero-order valence-electron chi connectivity index (χ0n) is 29.4. The molecule has 1 aliphatic rings. The third kappa shape index (κ3) is 10.0. The van der Waals surface area contributed by atoms with Crippen molar-refractivity contribution in [3.63, 3.8) is 0 Å². The van der Waals surface area contributed by atoms with E-state index in [1.54, 1.807) is 0 Å². The van der Waals surface area contributed by atoms with Crippen LogP contribution in [-0.2, 0) is 41.4 Å². The van der Waals surface area contributed by atoms with Crippen LogP contribution in [0.4, 0.5) is 4.79 Å². The Morgan fingerprint density at radius 3 is 1.63 bits per heavy atom. The van der Waals surface area contributed by atoms with Gasteiger partial charge in [0, 0.05) is 18.8 Å². The monoisotopic (exact) mass is 691 g/mol. The Kier molecular flexibility index (Phi) is 12.2. The third-order valence-corrected chi connectivity index (χ3v) is 8.64. The summed E-state index contributed by atoms with van der Waals surface area (Å²) in [5.41, 5.74) is 5.28. The van der Waals surface area contributed by atoms with Crippen LogP contribution in [0, 0.1) is 0 Å². The smallest absolute Gasteiger partial charge is 0.407 e. The van der Waals surface area contributed by atoms with Crippen LogP contribution in [0.1, 0.15) is 48.9 Å². The minimum Gasteiger partial charge on any atom is -0.467 e. The molecule has 0 heterocycles. The number of nitrogens with one attached hydrogen (secondary N) is 3. The maximum absolute atomic E-state index is 13.9. The van der Waals surface area contributed by atoms with Gasteiger partial charge in [-0.25, -0.2) is 9.59 Å². The highest BCUT2D eigenvalue weighted by atomic mass is 16.6. The molecule has 4 aromatic rings. The number of alkyl carbamates (subject to hydrolysis) is 1. The summed E-state index contributed by atoms with van der Waals surface area (Å²) in [6.45, 7) is 5.38. The molecule has 0 saturated carbocycles. The van der Waals surface area contributed by atoms with E-state index in [1.165, 1.54) is 7.11 Å². The van der Waals surface area contributed by atoms with Gasteiger partial charge in [-0.05, 0) is 54.2 Å². The van der Waals surface area contributed by atoms with Gasteiger partial charge in [0.05, 0.1) is 19.3 Å². The van der Waals surface area contributed by atoms with Crippen molar-refractivity contribution in [2.75, 3.05) is 20.3 Å². The number of carbonyl (C=O) groups excluding carboxylic acids is 4. The molecule has 5 rings (SSSR count). The zero-order valence-corrected chi connectivity index (χ0v) is 29.4. The van der Waals surface area contributed by atoms with Crippen molar-refractivity contribution in [1.82, 2.24) is 16.0 Å². The van der Waals surface area contributed by atoms with E-state index < -0.39 is 47.6 Å². The van der Waals surface area contributed by atoms with Gasteiger partial charge in [-0.3, -0.25) is 9.59 Å². The molecule has 10 heteroatoms. The molecule has 3 N–H and O–H groups in total. The van der Waals surface area contributed by atoms with Gasteiger partial charge in [0.1, 0.15) is 24.7 Å². The van der Waals surface area contributed by atoms with E-state index >= 15 is 0 Å². The van der Waals surface area contributed by atoms with Gasteiger partial charge < -0.3 is 30.2 Å². The number of fused-ring (bicyclic) bond motifs is 3. The molecule has 3 atom stereocenters. The maximum Gasteiger partial charge on any atom is 0.407 e. The minimum atomic E-state index is -1.20. The molecule has 0 fully saturated rings. The van der Waals surface area contributed by atoms with Crippen LogP contribution < -0.4 is 16.0 Å². The van der Waals surface area contributed by atoms with E-state index in [0.717, 1.165) is 33.4 Å². The molecule has 0 aliphatic heterocycles. The highest BCUT2D eigenvalue weighted by Crippen LogP contribution is 2.44. The summed E-state index contributed by atoms with van der Waals surface area (Å²) in [7, 11) is 1.25. The number of benzene rings is 4. The van der Waals surface area contributed by atoms with Crippen molar-refractivity contribution in [2.45, 2.75) is 63.3 Å². The molecule has 0 spiro atoms. The second kappa shape index (κ2) is 17.0. The molecule has 3 amide bonds. The van der Waals surface area contributed by atoms with Gasteiger partial charge in [-0.15, -0.1) is 0 Å². The molecular formula is C41H45N3O7. The lowest BCUT2D eigenvalue weighted by atomic mass is 9.98. The molecule has 0 aromatic heterocycles. The molecular weight excluding hydrogens is 646 g/mol. The van der Waals surface area contributed by atoms with E-state index in [9.17, 15) is 19.2 Å². The summed E-state index contributed by atoms with van der Waals surface area (Å²) in [5.74, 6) is -2.03. The van der Waals surface area contributed by atoms with Crippen LogP contribution in [-0.4, -0.2) is 67.9 Å². The van der Waals surface area contributed by atoms with Crippen LogP contribution in [0.5, 0.6) is 0 Å². The van der Waals surface area contributed by atoms with Gasteiger partial charge in [-0.1, -0.05) is 109 Å². The summed E-state index contributed by atoms with van der Waals surface area (Å²) in [6.07, 6.45) is -0.487. The first kappa shape index (κ1) is 36.8. The third-order valence-electron chi connectivity index (χ3n) is 8.64. The summed E-state index contributed by atoms with van der Waals surface area (Å²) >= 11 is 0. The predicted octanol–water partition coefficient (Wildman–Crippen LogP) is 5.34. The van der Waals surface area contributed by atoms with Crippen molar-refractivity contribution in [3.05, 3.63) is 131 Å². The first-order valence-corrected chi connectivity index (χ1v) is 17.0. The maximum atomic E-state index is 13.9. The van der Waals surface area contributed by atoms with Gasteiger partial charge in [0.25, 0.3) is 0 Å². The number of hydrogen-bond donors (Lipinski definition) is 3. The predicted molar refractivity (Wildman–Crippen MR) is 194 cm³/mol. The second-order valence-corrected chi connectivity index (χ2v) is 13.5. The van der Waals surface area contributed by atoms with Gasteiger partial charge >= 0.3 is 12.1 Å². The summed E-state index contributed by atoms with van der Waals surface area (Å²) in [4.78, 5) is 53.8. The van der Waals surface area contributed by atoms with Crippen molar-refractivity contribution < 1.29 is 33.4 Å². The average molecular weight is 692 g/mol. The van der Waals surface area contributed by atoms with E-state index in [2.05, 4.69) is 28.1 Å². The Bertz CT molecular complexity index is 1760. The molecule has 0 saturated heterocycles. The highest BCUT2D eigenvalue weighted by molar-refractivity contribution is 5.93. The molecule has 10 nitrogen and oxygen atoms in total. The van der Waals surface area contributed by atoms with Crippen LogP contribution in [0.3, 0.4) is 0 Å². The summed E-state index contributed by atoms with van der Waals surface area (Å²) < 4.78 is 16.7. The van der Waals surface area contributed by atoms with Gasteiger partial charge in [-0.2, -0.15) is 0 Å². The fraction of sp³-hybridized carbons (Fsp3) is 0.317. The average Bonchev–Trinajstić information content (AvgIpc) is 3.45. The summed E-state index contributed by atoms with van der Waals surface area (Å²) in [5, 5.41) is 8.24. The number of rotatable bonds is 14. The number of hydrogen-bond acceptors (Lipinski definition) is 7. The number of esters is 1. The van der Waals surface area contributed by atoms with E-state index in [4.69, 9.17) is 14.2 Å². The Morgan fingerprint density at radius 2 is 1.10 bits per heavy atom. The first-order chi connectivity index (χ1) is 24.5. The SMILES string of the molecule is COC(=O)[C@H](Cc1ccccc1)NC(=O)[C@H](Cc1ccccc1)NC(=O)[C@@H](COC(C)(C)C)NC(=O)OCC1c2ccccc2-c2ccccc21. The lowest BCUT2D eigenvalue weighted by Crippen LogP contribution is -2.58. The minimum absolute atomic E-state index is 0.0592. The normalized spacial score (nSPS) is 13.9. The first-order valence-electron chi connectivity index (χ1n) is 17.0. The Balaban J connectivity index is 1.31. The van der Waals surface area contributed by atoms with Crippen LogP contribution in [0.25, 0.3) is 11.1 Å². The second-order valence-electron chi connectivity index (χ2n) is 13.5. The number of methoxy groups -OCH3 is 1. The topological polar surface area (TPSA) is 132 Å². The highest BCUT2D eigenvalue weighted by Gasteiger charge is 2.33. The summed E-state index contributed by atoms with van der Waals surface area (Å²) in [6, 6.07) is 31.1. The van der Waals surface area contributed by atoms with Crippen molar-refractivity contribution in [3.8, 4) is 11.1 Å². The molecule has 0 radical (unpaired) electrons. The quantitative estimate of drug-likeness (QED) is 0.152. The fourth-order valence-electron chi connectivity index (χ4n) is 6.09. The van der Waals surface area contributed by atoms with Gasteiger partial charge in [0.2, 0.25) is 11.8 Å². The number of carbonyl (C=O) groups is 4. The lowest BCUT2D eigenvalue weighted by molar-refractivity contribution is -0.145. The standard InChI is InChI=1S/C41H45N3O7/c1-41(2,3)51-26-36(44-40(48)50-25-33-31-21-13-11-19-29(31)30-20-12-14-22-32(30)33)38(46)42-34(23-27-15-7-5-8-16-27)37(45)43-35(39(47)49-4)24-28-17-9-6-10-18-28/h5-22,33-36H,23-26H2,1-4H3,(H,42,46)(H,43,45)(H,44,48)/t34-,35-,36+/m0/s1. The van der Waals surface area contributed by atoms with Crippen molar-refractivity contribution in [2.24, 2.45) is 0 Å². The zero-order chi connectivity index (χ0) is 36.4. The Morgan fingerprint density at radius 1 is 0.627 bits per heavy atom. The van der Waals surface area contributed by atoms with E-state index in [0.29, 0.717) is 0 Å². The van der Waals surface area contributed by atoms with Gasteiger partial charge in [0.15, 0.2) is 0 Å². The molecule has 51 heavy (non-hydrogen) atoms. The molecule has 0 bridgehead atoms. The van der Waals surface area contributed by atoms with Crippen LogP contribution in [0.2, 0.25) is 0 Å². The largest absolute Gasteiger partial charge is 0.467 e. The van der Waals surface area contributed by atoms with Crippen molar-refractivity contribution >= 4 is 23.9 Å². The Hall–Kier alpha value is -5.48. The van der Waals surface area contributed by atoms with Crippen molar-refractivity contribution in [1.29, 1.82) is 0 Å². The number of ether oxygens (including phenoxy) is 3. The molecule has 0 unspecified atom stereocenters. The number of amides is 3. The Labute approximate surface area is 298 Å². The molecule has 1 aliphatic carbocycles.